The minimum atomic E-state index is -0.129. The molecular weight excluding hydrogens is 228 g/mol. The number of nitrogens with zero attached hydrogens (tertiary/aromatic N) is 2. The summed E-state index contributed by atoms with van der Waals surface area (Å²) in [7, 11) is 1.77. The number of carbonyl (C=O) groups excluding carboxylic acids is 1. The number of rotatable bonds is 4. The molecule has 1 aromatic heterocycles. The first-order valence-electron chi connectivity index (χ1n) is 6.57. The van der Waals surface area contributed by atoms with Gasteiger partial charge in [0.1, 0.15) is 11.5 Å². The highest BCUT2D eigenvalue weighted by atomic mass is 16.1. The molecule has 0 spiro atoms. The summed E-state index contributed by atoms with van der Waals surface area (Å²) in [5, 5.41) is 5.82. The predicted molar refractivity (Wildman–Crippen MR) is 70.5 cm³/mol. The fourth-order valence-corrected chi connectivity index (χ4v) is 2.29. The number of aromatic nitrogens is 2. The standard InChI is InChI=1S/C13H20N4O/c1-14-12-9-15-11(8-16-12)13(18)17-7-10-5-3-2-4-6-10/h8-10H,2-7H2,1H3,(H,14,16)(H,17,18). The molecule has 18 heavy (non-hydrogen) atoms. The number of anilines is 1. The first-order chi connectivity index (χ1) is 8.79. The molecule has 1 aliphatic rings. The van der Waals surface area contributed by atoms with Crippen molar-refractivity contribution >= 4 is 11.7 Å². The van der Waals surface area contributed by atoms with E-state index in [1.165, 1.54) is 38.3 Å². The van der Waals surface area contributed by atoms with E-state index in [0.717, 1.165) is 6.54 Å². The maximum Gasteiger partial charge on any atom is 0.271 e. The molecule has 0 atom stereocenters. The third-order valence-electron chi connectivity index (χ3n) is 3.42. The van der Waals surface area contributed by atoms with Crippen LogP contribution in [0.4, 0.5) is 5.82 Å². The molecule has 1 aromatic rings. The third-order valence-corrected chi connectivity index (χ3v) is 3.42. The van der Waals surface area contributed by atoms with Crippen LogP contribution in [-0.4, -0.2) is 29.5 Å². The van der Waals surface area contributed by atoms with E-state index in [9.17, 15) is 4.79 Å². The zero-order valence-corrected chi connectivity index (χ0v) is 10.8. The quantitative estimate of drug-likeness (QED) is 0.853. The van der Waals surface area contributed by atoms with Gasteiger partial charge in [-0.1, -0.05) is 19.3 Å². The molecule has 5 heteroatoms. The van der Waals surface area contributed by atoms with Crippen LogP contribution in [0.5, 0.6) is 0 Å². The topological polar surface area (TPSA) is 66.9 Å². The molecule has 1 heterocycles. The molecule has 1 aliphatic carbocycles. The fraction of sp³-hybridized carbons (Fsp3) is 0.615. The maximum atomic E-state index is 11.9. The Labute approximate surface area is 107 Å². The van der Waals surface area contributed by atoms with Crippen molar-refractivity contribution < 1.29 is 4.79 Å². The van der Waals surface area contributed by atoms with Crippen molar-refractivity contribution in [2.45, 2.75) is 32.1 Å². The molecule has 0 bridgehead atoms. The van der Waals surface area contributed by atoms with Crippen LogP contribution in [0.25, 0.3) is 0 Å². The summed E-state index contributed by atoms with van der Waals surface area (Å²) in [5.74, 6) is 1.17. The van der Waals surface area contributed by atoms with Gasteiger partial charge in [0.2, 0.25) is 0 Å². The van der Waals surface area contributed by atoms with Crippen LogP contribution < -0.4 is 10.6 Å². The van der Waals surface area contributed by atoms with Crippen molar-refractivity contribution in [1.82, 2.24) is 15.3 Å². The molecule has 1 fully saturated rings. The van der Waals surface area contributed by atoms with Crippen LogP contribution in [-0.2, 0) is 0 Å². The van der Waals surface area contributed by atoms with Crippen LogP contribution in [0.3, 0.4) is 0 Å². The number of nitrogens with one attached hydrogen (secondary N) is 2. The Morgan fingerprint density at radius 1 is 1.28 bits per heavy atom. The van der Waals surface area contributed by atoms with Crippen molar-refractivity contribution in [2.75, 3.05) is 18.9 Å². The lowest BCUT2D eigenvalue weighted by Crippen LogP contribution is -2.30. The number of carbonyl (C=O) groups is 1. The Bertz CT molecular complexity index is 384. The van der Waals surface area contributed by atoms with Crippen LogP contribution >= 0.6 is 0 Å². The normalized spacial score (nSPS) is 16.3. The number of hydrogen-bond acceptors (Lipinski definition) is 4. The monoisotopic (exact) mass is 248 g/mol. The molecule has 1 amide bonds. The van der Waals surface area contributed by atoms with E-state index in [0.29, 0.717) is 17.4 Å². The molecule has 0 unspecified atom stereocenters. The van der Waals surface area contributed by atoms with Gasteiger partial charge in [0.15, 0.2) is 0 Å². The van der Waals surface area contributed by atoms with Gasteiger partial charge < -0.3 is 10.6 Å². The van der Waals surface area contributed by atoms with Gasteiger partial charge in [-0.15, -0.1) is 0 Å². The second kappa shape index (κ2) is 6.33. The van der Waals surface area contributed by atoms with Gasteiger partial charge in [-0.05, 0) is 18.8 Å². The summed E-state index contributed by atoms with van der Waals surface area (Å²) < 4.78 is 0. The van der Waals surface area contributed by atoms with Crippen LogP contribution in [0.2, 0.25) is 0 Å². The van der Waals surface area contributed by atoms with Gasteiger partial charge in [0, 0.05) is 13.6 Å². The van der Waals surface area contributed by atoms with E-state index in [-0.39, 0.29) is 5.91 Å². The maximum absolute atomic E-state index is 11.9. The smallest absolute Gasteiger partial charge is 0.271 e. The van der Waals surface area contributed by atoms with Gasteiger partial charge in [-0.25, -0.2) is 9.97 Å². The highest BCUT2D eigenvalue weighted by Crippen LogP contribution is 2.22. The van der Waals surface area contributed by atoms with Crippen molar-refractivity contribution in [3.63, 3.8) is 0 Å². The SMILES string of the molecule is CNc1cnc(C(=O)NCC2CCCCC2)cn1. The molecule has 5 nitrogen and oxygen atoms in total. The summed E-state index contributed by atoms with van der Waals surface area (Å²) in [6, 6.07) is 0. The molecule has 1 saturated carbocycles. The van der Waals surface area contributed by atoms with Crippen LogP contribution in [0.15, 0.2) is 12.4 Å². The fourth-order valence-electron chi connectivity index (χ4n) is 2.29. The molecule has 0 aliphatic heterocycles. The molecule has 0 saturated heterocycles. The van der Waals surface area contributed by atoms with Gasteiger partial charge in [-0.2, -0.15) is 0 Å². The lowest BCUT2D eigenvalue weighted by atomic mass is 9.89. The molecule has 98 valence electrons. The second-order valence-electron chi connectivity index (χ2n) is 4.75. The summed E-state index contributed by atoms with van der Waals surface area (Å²) in [5.41, 5.74) is 0.379. The minimum absolute atomic E-state index is 0.129. The van der Waals surface area contributed by atoms with E-state index in [4.69, 9.17) is 0 Å². The zero-order chi connectivity index (χ0) is 12.8. The average molecular weight is 248 g/mol. The highest BCUT2D eigenvalue weighted by Gasteiger charge is 2.15. The zero-order valence-electron chi connectivity index (χ0n) is 10.8. The average Bonchev–Trinajstić information content (AvgIpc) is 2.46. The number of amides is 1. The third kappa shape index (κ3) is 3.42. The summed E-state index contributed by atoms with van der Waals surface area (Å²) in [4.78, 5) is 20.0. The summed E-state index contributed by atoms with van der Waals surface area (Å²) in [6.07, 6.45) is 9.43. The molecule has 2 rings (SSSR count). The first-order valence-corrected chi connectivity index (χ1v) is 6.57. The highest BCUT2D eigenvalue weighted by molar-refractivity contribution is 5.91. The van der Waals surface area contributed by atoms with Crippen molar-refractivity contribution in [3.05, 3.63) is 18.1 Å². The Morgan fingerprint density at radius 2 is 2.06 bits per heavy atom. The van der Waals surface area contributed by atoms with E-state index >= 15 is 0 Å². The van der Waals surface area contributed by atoms with Crippen LogP contribution in [0, 0.1) is 5.92 Å². The molecular formula is C13H20N4O. The van der Waals surface area contributed by atoms with E-state index in [2.05, 4.69) is 20.6 Å². The van der Waals surface area contributed by atoms with E-state index in [1.807, 2.05) is 0 Å². The second-order valence-corrected chi connectivity index (χ2v) is 4.75. The van der Waals surface area contributed by atoms with Gasteiger partial charge >= 0.3 is 0 Å². The number of hydrogen-bond donors (Lipinski definition) is 2. The Balaban J connectivity index is 1.82. The minimum Gasteiger partial charge on any atom is -0.372 e. The van der Waals surface area contributed by atoms with Gasteiger partial charge in [0.25, 0.3) is 5.91 Å². The Morgan fingerprint density at radius 3 is 2.67 bits per heavy atom. The Kier molecular flexibility index (Phi) is 4.50. The lowest BCUT2D eigenvalue weighted by Gasteiger charge is -2.21. The molecule has 0 radical (unpaired) electrons. The molecule has 2 N–H and O–H groups in total. The first kappa shape index (κ1) is 12.8. The predicted octanol–water partition coefficient (Wildman–Crippen LogP) is 1.83. The van der Waals surface area contributed by atoms with Crippen molar-refractivity contribution in [3.8, 4) is 0 Å². The summed E-state index contributed by atoms with van der Waals surface area (Å²) >= 11 is 0. The van der Waals surface area contributed by atoms with Crippen LogP contribution in [0.1, 0.15) is 42.6 Å². The van der Waals surface area contributed by atoms with E-state index in [1.54, 1.807) is 13.2 Å². The van der Waals surface area contributed by atoms with Crippen molar-refractivity contribution in [2.24, 2.45) is 5.92 Å². The largest absolute Gasteiger partial charge is 0.372 e. The van der Waals surface area contributed by atoms with E-state index < -0.39 is 0 Å². The Hall–Kier alpha value is -1.65. The van der Waals surface area contributed by atoms with Gasteiger partial charge in [0.05, 0.1) is 12.4 Å². The van der Waals surface area contributed by atoms with Gasteiger partial charge in [-0.3, -0.25) is 4.79 Å². The molecule has 0 aromatic carbocycles. The summed E-state index contributed by atoms with van der Waals surface area (Å²) in [6.45, 7) is 0.758. The van der Waals surface area contributed by atoms with Crippen molar-refractivity contribution in [1.29, 1.82) is 0 Å². The lowest BCUT2D eigenvalue weighted by molar-refractivity contribution is 0.0938.